The number of hydrogen-bond acceptors (Lipinski definition) is 3. The first-order valence-corrected chi connectivity index (χ1v) is 8.09. The van der Waals surface area contributed by atoms with Crippen LogP contribution in [0.3, 0.4) is 0 Å². The number of nitrogens with one attached hydrogen (secondary N) is 1. The molecule has 132 valence electrons. The van der Waals surface area contributed by atoms with Crippen molar-refractivity contribution in [2.24, 2.45) is 7.05 Å². The Morgan fingerprint density at radius 2 is 1.92 bits per heavy atom. The third-order valence-corrected chi connectivity index (χ3v) is 4.57. The smallest absolute Gasteiger partial charge is 0.408 e. The van der Waals surface area contributed by atoms with E-state index in [0.717, 1.165) is 5.56 Å². The Bertz CT molecular complexity index is 756. The minimum absolute atomic E-state index is 0.0614. The van der Waals surface area contributed by atoms with Crippen LogP contribution in [0.5, 0.6) is 5.75 Å². The van der Waals surface area contributed by atoms with Gasteiger partial charge in [0.2, 0.25) is 0 Å². The molecule has 8 heteroatoms. The molecular formula is C16H19BrF3N3O. The molecule has 0 aliphatic rings. The quantitative estimate of drug-likeness (QED) is 0.800. The summed E-state index contributed by atoms with van der Waals surface area (Å²) in [5.74, 6) is -0.0614. The molecule has 1 unspecified atom stereocenters. The maximum Gasteiger partial charge on any atom is 0.408 e. The number of hydrogen-bond donors (Lipinski definition) is 2. The molecular weight excluding hydrogens is 387 g/mol. The van der Waals surface area contributed by atoms with E-state index in [1.54, 1.807) is 33.0 Å². The van der Waals surface area contributed by atoms with E-state index in [2.05, 4.69) is 26.3 Å². The Balaban J connectivity index is 2.35. The van der Waals surface area contributed by atoms with E-state index < -0.39 is 12.2 Å². The Kier molecular flexibility index (Phi) is 5.29. The predicted molar refractivity (Wildman–Crippen MR) is 88.9 cm³/mol. The molecule has 1 heterocycles. The molecule has 0 amide bonds. The number of benzene rings is 1. The summed E-state index contributed by atoms with van der Waals surface area (Å²) in [6, 6.07) is 1.50. The summed E-state index contributed by atoms with van der Waals surface area (Å²) >= 11 is 3.20. The van der Waals surface area contributed by atoms with E-state index in [9.17, 15) is 18.3 Å². The van der Waals surface area contributed by atoms with Crippen LogP contribution < -0.4 is 5.32 Å². The van der Waals surface area contributed by atoms with Crippen LogP contribution in [-0.2, 0) is 13.6 Å². The van der Waals surface area contributed by atoms with Gasteiger partial charge in [0.25, 0.3) is 0 Å². The van der Waals surface area contributed by atoms with Crippen molar-refractivity contribution in [3.8, 4) is 5.75 Å². The molecule has 2 N–H and O–H groups in total. The van der Waals surface area contributed by atoms with Gasteiger partial charge >= 0.3 is 6.18 Å². The average Bonchev–Trinajstić information content (AvgIpc) is 2.69. The first-order valence-electron chi connectivity index (χ1n) is 7.30. The van der Waals surface area contributed by atoms with Crippen molar-refractivity contribution in [1.82, 2.24) is 15.1 Å². The third-order valence-electron chi connectivity index (χ3n) is 3.96. The lowest BCUT2D eigenvalue weighted by atomic mass is 10.0. The van der Waals surface area contributed by atoms with E-state index in [0.29, 0.717) is 21.4 Å². The first-order chi connectivity index (χ1) is 11.0. The molecule has 1 aromatic heterocycles. The van der Waals surface area contributed by atoms with Gasteiger partial charge in [-0.05, 0) is 48.3 Å². The van der Waals surface area contributed by atoms with Crippen LogP contribution in [0.15, 0.2) is 16.6 Å². The Labute approximate surface area is 146 Å². The fourth-order valence-corrected chi connectivity index (χ4v) is 3.36. The molecule has 4 nitrogen and oxygen atoms in total. The molecule has 0 radical (unpaired) electrons. The third kappa shape index (κ3) is 3.75. The van der Waals surface area contributed by atoms with Gasteiger partial charge in [0.05, 0.1) is 10.2 Å². The Hall–Kier alpha value is -1.54. The largest absolute Gasteiger partial charge is 0.506 e. The van der Waals surface area contributed by atoms with Crippen molar-refractivity contribution in [3.05, 3.63) is 44.7 Å². The number of aromatic nitrogens is 2. The number of phenolic OH excluding ortho intramolecular Hbond substituents is 1. The zero-order valence-corrected chi connectivity index (χ0v) is 15.4. The summed E-state index contributed by atoms with van der Waals surface area (Å²) in [4.78, 5) is 0. The van der Waals surface area contributed by atoms with E-state index in [-0.39, 0.29) is 17.9 Å². The minimum Gasteiger partial charge on any atom is -0.506 e. The van der Waals surface area contributed by atoms with Crippen molar-refractivity contribution >= 4 is 15.9 Å². The number of aryl methyl sites for hydroxylation is 3. The van der Waals surface area contributed by atoms with E-state index in [4.69, 9.17) is 0 Å². The van der Waals surface area contributed by atoms with Gasteiger partial charge in [-0.3, -0.25) is 10.00 Å². The second kappa shape index (κ2) is 6.76. The van der Waals surface area contributed by atoms with Gasteiger partial charge in [-0.1, -0.05) is 6.07 Å². The Morgan fingerprint density at radius 3 is 2.42 bits per heavy atom. The minimum atomic E-state index is -4.48. The highest BCUT2D eigenvalue weighted by molar-refractivity contribution is 9.10. The van der Waals surface area contributed by atoms with Crippen LogP contribution in [-0.4, -0.2) is 21.1 Å². The van der Waals surface area contributed by atoms with Gasteiger partial charge in [-0.2, -0.15) is 18.3 Å². The number of alkyl halides is 3. The van der Waals surface area contributed by atoms with Crippen molar-refractivity contribution in [2.75, 3.05) is 0 Å². The average molecular weight is 406 g/mol. The Morgan fingerprint density at radius 1 is 1.29 bits per heavy atom. The molecule has 24 heavy (non-hydrogen) atoms. The maximum absolute atomic E-state index is 13.6. The number of nitrogens with zero attached hydrogens (tertiary/aromatic N) is 2. The van der Waals surface area contributed by atoms with Gasteiger partial charge in [0.15, 0.2) is 0 Å². The maximum atomic E-state index is 13.6. The lowest BCUT2D eigenvalue weighted by molar-refractivity contribution is -0.158. The molecule has 2 rings (SSSR count). The fraction of sp³-hybridized carbons (Fsp3) is 0.438. The van der Waals surface area contributed by atoms with Crippen molar-refractivity contribution in [3.63, 3.8) is 0 Å². The molecule has 0 aliphatic carbocycles. The highest BCUT2D eigenvalue weighted by atomic mass is 79.9. The second-order valence-electron chi connectivity index (χ2n) is 5.82. The molecule has 1 atom stereocenters. The standard InChI is InChI=1S/C16H19BrF3N3O/c1-8-5-11(14(24)12(17)6-8)7-21-15(16(18,19)20)13-9(2)22-23(4)10(13)3/h5-6,15,21,24H,7H2,1-4H3. The topological polar surface area (TPSA) is 50.1 Å². The highest BCUT2D eigenvalue weighted by Crippen LogP contribution is 2.37. The number of aromatic hydroxyl groups is 1. The summed E-state index contributed by atoms with van der Waals surface area (Å²) in [6.45, 7) is 4.86. The summed E-state index contributed by atoms with van der Waals surface area (Å²) in [5, 5.41) is 16.6. The lowest BCUT2D eigenvalue weighted by Crippen LogP contribution is -2.34. The molecule has 1 aromatic carbocycles. The molecule has 0 saturated carbocycles. The summed E-state index contributed by atoms with van der Waals surface area (Å²) in [5.41, 5.74) is 2.15. The van der Waals surface area contributed by atoms with Crippen LogP contribution in [0.1, 0.15) is 34.1 Å². The highest BCUT2D eigenvalue weighted by Gasteiger charge is 2.43. The normalized spacial score (nSPS) is 13.3. The summed E-state index contributed by atoms with van der Waals surface area (Å²) < 4.78 is 42.6. The van der Waals surface area contributed by atoms with Gasteiger partial charge < -0.3 is 5.11 Å². The zero-order chi connectivity index (χ0) is 18.2. The van der Waals surface area contributed by atoms with Crippen LogP contribution in [0.25, 0.3) is 0 Å². The monoisotopic (exact) mass is 405 g/mol. The fourth-order valence-electron chi connectivity index (χ4n) is 2.74. The number of rotatable bonds is 4. The zero-order valence-electron chi connectivity index (χ0n) is 13.8. The molecule has 0 spiro atoms. The van der Waals surface area contributed by atoms with E-state index in [1.807, 2.05) is 6.92 Å². The van der Waals surface area contributed by atoms with Crippen molar-refractivity contribution in [2.45, 2.75) is 39.5 Å². The van der Waals surface area contributed by atoms with Crippen molar-refractivity contribution in [1.29, 1.82) is 0 Å². The predicted octanol–water partition coefficient (Wildman–Crippen LogP) is 4.21. The van der Waals surface area contributed by atoms with Crippen LogP contribution in [0.4, 0.5) is 13.2 Å². The van der Waals surface area contributed by atoms with Gasteiger partial charge in [-0.15, -0.1) is 0 Å². The van der Waals surface area contributed by atoms with E-state index >= 15 is 0 Å². The van der Waals surface area contributed by atoms with Gasteiger partial charge in [0.1, 0.15) is 11.8 Å². The lowest BCUT2D eigenvalue weighted by Gasteiger charge is -2.23. The summed E-state index contributed by atoms with van der Waals surface area (Å²) in [6.07, 6.45) is -4.48. The number of phenols is 1. The summed E-state index contributed by atoms with van der Waals surface area (Å²) in [7, 11) is 1.61. The van der Waals surface area contributed by atoms with Gasteiger partial charge in [-0.25, -0.2) is 0 Å². The van der Waals surface area contributed by atoms with E-state index in [1.165, 1.54) is 4.68 Å². The molecule has 2 aromatic rings. The van der Waals surface area contributed by atoms with Crippen molar-refractivity contribution < 1.29 is 18.3 Å². The SMILES string of the molecule is Cc1cc(Br)c(O)c(CNC(c2c(C)nn(C)c2C)C(F)(F)F)c1. The first kappa shape index (κ1) is 18.8. The number of halogens is 4. The van der Waals surface area contributed by atoms with Crippen LogP contribution in [0, 0.1) is 20.8 Å². The molecule has 0 aliphatic heterocycles. The van der Waals surface area contributed by atoms with Gasteiger partial charge in [0, 0.05) is 30.4 Å². The molecule has 0 fully saturated rings. The molecule has 0 bridgehead atoms. The molecule has 0 saturated heterocycles. The second-order valence-corrected chi connectivity index (χ2v) is 6.67. The van der Waals surface area contributed by atoms with Crippen LogP contribution >= 0.6 is 15.9 Å². The van der Waals surface area contributed by atoms with Crippen LogP contribution in [0.2, 0.25) is 0 Å².